The number of anilines is 2. The van der Waals surface area contributed by atoms with E-state index in [1.165, 1.54) is 6.07 Å². The van der Waals surface area contributed by atoms with Crippen molar-refractivity contribution in [3.05, 3.63) is 53.7 Å². The quantitative estimate of drug-likeness (QED) is 0.167. The number of halogens is 1. The number of nitrogens with one attached hydrogen (secondary N) is 1. The van der Waals surface area contributed by atoms with E-state index in [9.17, 15) is 9.18 Å². The zero-order valence-electron chi connectivity index (χ0n) is 21.7. The number of amides is 1. The first-order valence-corrected chi connectivity index (χ1v) is 12.5. The molecule has 0 unspecified atom stereocenters. The summed E-state index contributed by atoms with van der Waals surface area (Å²) in [6.07, 6.45) is 7.47. The van der Waals surface area contributed by atoms with E-state index in [1.54, 1.807) is 18.3 Å². The third-order valence-electron chi connectivity index (χ3n) is 5.49. The highest BCUT2D eigenvalue weighted by atomic mass is 19.1. The fraction of sp³-hybridized carbons (Fsp3) is 0.407. The maximum absolute atomic E-state index is 12.5. The van der Waals surface area contributed by atoms with Gasteiger partial charge in [0.15, 0.2) is 5.82 Å². The average molecular weight is 496 g/mol. The van der Waals surface area contributed by atoms with E-state index in [4.69, 9.17) is 16.5 Å². The largest absolute Gasteiger partial charge is 0.396 e. The molecule has 0 aliphatic rings. The highest BCUT2D eigenvalue weighted by Gasteiger charge is 2.17. The molecular formula is C27H38FN7O. The number of hydrogen-bond acceptors (Lipinski definition) is 6. The molecule has 0 saturated heterocycles. The zero-order valence-corrected chi connectivity index (χ0v) is 21.7. The van der Waals surface area contributed by atoms with Gasteiger partial charge in [-0.3, -0.25) is 9.78 Å². The van der Waals surface area contributed by atoms with Crippen LogP contribution in [0.2, 0.25) is 0 Å². The van der Waals surface area contributed by atoms with Crippen LogP contribution in [0.5, 0.6) is 0 Å². The van der Waals surface area contributed by atoms with Crippen LogP contribution in [-0.2, 0) is 17.8 Å². The molecule has 0 spiro atoms. The lowest BCUT2D eigenvalue weighted by Gasteiger charge is -2.10. The lowest BCUT2D eigenvalue weighted by Crippen LogP contribution is -2.13. The molecule has 3 heterocycles. The molecule has 36 heavy (non-hydrogen) atoms. The van der Waals surface area contributed by atoms with Gasteiger partial charge in [0.1, 0.15) is 28.2 Å². The van der Waals surface area contributed by atoms with E-state index in [-0.39, 0.29) is 11.5 Å². The Bertz CT molecular complexity index is 1260. The number of fused-ring (bicyclic) bond motifs is 3. The van der Waals surface area contributed by atoms with E-state index < -0.39 is 0 Å². The van der Waals surface area contributed by atoms with E-state index in [0.29, 0.717) is 12.4 Å². The number of hydrogen-bond donors (Lipinski definition) is 3. The minimum absolute atomic E-state index is 0.209. The fourth-order valence-electron chi connectivity index (χ4n) is 3.72. The van der Waals surface area contributed by atoms with Crippen molar-refractivity contribution in [3.63, 3.8) is 0 Å². The summed E-state index contributed by atoms with van der Waals surface area (Å²) in [5.41, 5.74) is 15.8. The monoisotopic (exact) mass is 495 g/mol. The number of nitrogen functional groups attached to an aromatic ring is 2. The summed E-state index contributed by atoms with van der Waals surface area (Å²) < 4.78 is 14.7. The Morgan fingerprint density at radius 1 is 1.08 bits per heavy atom. The molecule has 4 aromatic rings. The Hall–Kier alpha value is -3.75. The first-order valence-electron chi connectivity index (χ1n) is 12.5. The van der Waals surface area contributed by atoms with Crippen LogP contribution in [0, 0.1) is 12.7 Å². The molecule has 9 heteroatoms. The molecule has 194 valence electrons. The summed E-state index contributed by atoms with van der Waals surface area (Å²) >= 11 is 0. The Balaban J connectivity index is 0.000000347. The molecule has 4 rings (SSSR count). The molecule has 0 radical (unpaired) electrons. The molecule has 8 nitrogen and oxygen atoms in total. The van der Waals surface area contributed by atoms with Crippen molar-refractivity contribution < 1.29 is 9.18 Å². The molecular weight excluding hydrogens is 457 g/mol. The zero-order chi connectivity index (χ0) is 26.5. The second kappa shape index (κ2) is 14.6. The fourth-order valence-corrected chi connectivity index (χ4v) is 3.72. The van der Waals surface area contributed by atoms with Crippen molar-refractivity contribution in [1.29, 1.82) is 0 Å². The number of benzene rings is 1. The van der Waals surface area contributed by atoms with Gasteiger partial charge in [0, 0.05) is 25.7 Å². The second-order valence-corrected chi connectivity index (χ2v) is 8.15. The number of rotatable bonds is 9. The third kappa shape index (κ3) is 7.37. The summed E-state index contributed by atoms with van der Waals surface area (Å²) in [5, 5.41) is 2.71. The highest BCUT2D eigenvalue weighted by molar-refractivity contribution is 6.04. The molecule has 0 saturated carbocycles. The topological polar surface area (TPSA) is 125 Å². The molecule has 1 aromatic carbocycles. The smallest absolute Gasteiger partial charge is 0.207 e. The maximum Gasteiger partial charge on any atom is 0.207 e. The number of carbonyl (C=O) groups is 1. The Labute approximate surface area is 212 Å². The first-order chi connectivity index (χ1) is 17.5. The van der Waals surface area contributed by atoms with Crippen LogP contribution in [0.25, 0.3) is 22.1 Å². The van der Waals surface area contributed by atoms with Gasteiger partial charge >= 0.3 is 0 Å². The summed E-state index contributed by atoms with van der Waals surface area (Å²) in [6.45, 7) is 9.50. The predicted molar refractivity (Wildman–Crippen MR) is 146 cm³/mol. The van der Waals surface area contributed by atoms with Crippen LogP contribution >= 0.6 is 0 Å². The highest BCUT2D eigenvalue weighted by Crippen LogP contribution is 2.28. The number of unbranched alkanes of at least 4 members (excludes halogenated alkanes) is 2. The van der Waals surface area contributed by atoms with Gasteiger partial charge in [0.25, 0.3) is 0 Å². The first kappa shape index (κ1) is 28.5. The number of nitrogens with two attached hydrogens (primary N) is 2. The van der Waals surface area contributed by atoms with Crippen LogP contribution in [0.4, 0.5) is 15.9 Å². The van der Waals surface area contributed by atoms with Gasteiger partial charge in [-0.2, -0.15) is 0 Å². The standard InChI is InChI=1S/C18H24N6O.C7H8FN.C2H6/c1-2-3-8-14-23-16-17(24(14)11-5-4-9-20-12-25)15-13(22-18(16)19)7-6-10-21-15;1-5-2-3-7(9)6(8)4-5;1-2/h6-7,10,12H,2-5,8-9,11H2,1H3,(H2,19,22)(H,20,25);2-4H,9H2,1H3;1-2H3. The van der Waals surface area contributed by atoms with Gasteiger partial charge < -0.3 is 21.4 Å². The van der Waals surface area contributed by atoms with Gasteiger partial charge in [-0.25, -0.2) is 14.4 Å². The van der Waals surface area contributed by atoms with Crippen molar-refractivity contribution in [2.75, 3.05) is 18.0 Å². The van der Waals surface area contributed by atoms with Gasteiger partial charge in [0.2, 0.25) is 6.41 Å². The average Bonchev–Trinajstić information content (AvgIpc) is 3.26. The molecule has 1 amide bonds. The van der Waals surface area contributed by atoms with Gasteiger partial charge in [-0.05, 0) is 56.0 Å². The molecule has 0 aliphatic carbocycles. The maximum atomic E-state index is 12.5. The lowest BCUT2D eigenvalue weighted by molar-refractivity contribution is -0.109. The van der Waals surface area contributed by atoms with Crippen molar-refractivity contribution in [1.82, 2.24) is 24.8 Å². The van der Waals surface area contributed by atoms with E-state index in [2.05, 4.69) is 26.8 Å². The van der Waals surface area contributed by atoms with Crippen LogP contribution in [0.3, 0.4) is 0 Å². The van der Waals surface area contributed by atoms with Crippen molar-refractivity contribution in [2.24, 2.45) is 0 Å². The second-order valence-electron chi connectivity index (χ2n) is 8.15. The molecule has 0 atom stereocenters. The normalized spacial score (nSPS) is 10.4. The van der Waals surface area contributed by atoms with E-state index >= 15 is 0 Å². The minimum Gasteiger partial charge on any atom is -0.396 e. The number of imidazole rings is 1. The summed E-state index contributed by atoms with van der Waals surface area (Å²) in [6, 6.07) is 8.54. The Morgan fingerprint density at radius 2 is 1.86 bits per heavy atom. The Morgan fingerprint density at radius 3 is 2.53 bits per heavy atom. The molecule has 5 N–H and O–H groups in total. The summed E-state index contributed by atoms with van der Waals surface area (Å²) in [4.78, 5) is 24.1. The summed E-state index contributed by atoms with van der Waals surface area (Å²) in [5.74, 6) is 1.15. The molecule has 0 fully saturated rings. The van der Waals surface area contributed by atoms with E-state index in [1.807, 2.05) is 32.9 Å². The number of pyridine rings is 2. The molecule has 3 aromatic heterocycles. The van der Waals surface area contributed by atoms with Crippen LogP contribution in [0.15, 0.2) is 36.5 Å². The molecule has 0 bridgehead atoms. The van der Waals surface area contributed by atoms with Crippen molar-refractivity contribution in [3.8, 4) is 0 Å². The van der Waals surface area contributed by atoms with Crippen LogP contribution < -0.4 is 16.8 Å². The number of aromatic nitrogens is 4. The number of aryl methyl sites for hydroxylation is 3. The lowest BCUT2D eigenvalue weighted by atomic mass is 10.2. The van der Waals surface area contributed by atoms with Crippen LogP contribution in [-0.4, -0.2) is 32.5 Å². The Kier molecular flexibility index (Phi) is 11.6. The van der Waals surface area contributed by atoms with Gasteiger partial charge in [-0.1, -0.05) is 33.3 Å². The van der Waals surface area contributed by atoms with E-state index in [0.717, 1.165) is 78.5 Å². The minimum atomic E-state index is -0.338. The SMILES string of the molecule is CC.CCCCc1nc2c(N)nc3cccnc3c2n1CCCCNC=O.Cc1ccc(N)c(F)c1. The van der Waals surface area contributed by atoms with Gasteiger partial charge in [-0.15, -0.1) is 0 Å². The summed E-state index contributed by atoms with van der Waals surface area (Å²) in [7, 11) is 0. The third-order valence-corrected chi connectivity index (χ3v) is 5.49. The number of nitrogens with zero attached hydrogens (tertiary/aromatic N) is 4. The van der Waals surface area contributed by atoms with Gasteiger partial charge in [0.05, 0.1) is 11.2 Å². The van der Waals surface area contributed by atoms with Crippen molar-refractivity contribution in [2.45, 2.75) is 66.3 Å². The molecule has 0 aliphatic heterocycles. The van der Waals surface area contributed by atoms with Crippen LogP contribution in [0.1, 0.15) is 57.8 Å². The van der Waals surface area contributed by atoms with Crippen molar-refractivity contribution >= 4 is 40.0 Å². The predicted octanol–water partition coefficient (Wildman–Crippen LogP) is 5.17. The number of carbonyl (C=O) groups excluding carboxylic acids is 1.